The van der Waals surface area contributed by atoms with Gasteiger partial charge >= 0.3 is 0 Å². The molecule has 31 heavy (non-hydrogen) atoms. The Morgan fingerprint density at radius 2 is 1.81 bits per heavy atom. The Hall–Kier alpha value is -3.26. The quantitative estimate of drug-likeness (QED) is 0.514. The molecule has 0 spiro atoms. The SMILES string of the molecule is Cc1cc(-c2cc(NS(C)=O)c3nc(C)n(Cc4ccc(F)cc4)c3c2)cn(C)c1=O. The van der Waals surface area contributed by atoms with Crippen LogP contribution < -0.4 is 10.3 Å². The summed E-state index contributed by atoms with van der Waals surface area (Å²) in [5.74, 6) is 0.512. The molecule has 0 bridgehead atoms. The zero-order valence-electron chi connectivity index (χ0n) is 17.8. The van der Waals surface area contributed by atoms with Crippen molar-refractivity contribution in [3.63, 3.8) is 0 Å². The van der Waals surface area contributed by atoms with Gasteiger partial charge in [0.2, 0.25) is 0 Å². The van der Waals surface area contributed by atoms with Gasteiger partial charge in [0.15, 0.2) is 0 Å². The third-order valence-corrected chi connectivity index (χ3v) is 5.76. The number of rotatable bonds is 5. The molecule has 1 atom stereocenters. The van der Waals surface area contributed by atoms with Crippen LogP contribution >= 0.6 is 0 Å². The van der Waals surface area contributed by atoms with Crippen LogP contribution in [0.25, 0.3) is 22.2 Å². The lowest BCUT2D eigenvalue weighted by Gasteiger charge is -2.12. The average molecular weight is 439 g/mol. The molecular weight excluding hydrogens is 415 g/mol. The standard InChI is InChI=1S/C23H23FN4O2S/c1-14-9-18(13-27(3)23(14)29)17-10-20(26-31(4)30)22-21(11-17)28(15(2)25-22)12-16-5-7-19(24)8-6-16/h5-11,13,26H,12H2,1-4H3. The molecule has 4 aromatic rings. The van der Waals surface area contributed by atoms with Crippen molar-refractivity contribution in [2.24, 2.45) is 7.05 Å². The summed E-state index contributed by atoms with van der Waals surface area (Å²) in [7, 11) is 0.439. The number of anilines is 1. The number of aryl methyl sites for hydroxylation is 3. The van der Waals surface area contributed by atoms with Crippen LogP contribution in [-0.4, -0.2) is 24.6 Å². The van der Waals surface area contributed by atoms with E-state index >= 15 is 0 Å². The highest BCUT2D eigenvalue weighted by atomic mass is 32.2. The minimum Gasteiger partial charge on any atom is -0.324 e. The lowest BCUT2D eigenvalue weighted by Crippen LogP contribution is -2.18. The van der Waals surface area contributed by atoms with Crippen LogP contribution in [0.3, 0.4) is 0 Å². The number of nitrogens with one attached hydrogen (secondary N) is 1. The molecule has 6 nitrogen and oxygen atoms in total. The number of hydrogen-bond acceptors (Lipinski definition) is 3. The van der Waals surface area contributed by atoms with Gasteiger partial charge in [0, 0.05) is 31.6 Å². The normalized spacial score (nSPS) is 12.3. The molecule has 0 aliphatic heterocycles. The molecule has 2 aromatic heterocycles. The number of aromatic nitrogens is 3. The highest BCUT2D eigenvalue weighted by Crippen LogP contribution is 2.32. The Morgan fingerprint density at radius 3 is 2.45 bits per heavy atom. The van der Waals surface area contributed by atoms with Crippen molar-refractivity contribution in [2.45, 2.75) is 20.4 Å². The topological polar surface area (TPSA) is 68.9 Å². The molecule has 0 radical (unpaired) electrons. The number of hydrogen-bond donors (Lipinski definition) is 1. The van der Waals surface area contributed by atoms with Gasteiger partial charge < -0.3 is 13.9 Å². The van der Waals surface area contributed by atoms with Gasteiger partial charge in [-0.1, -0.05) is 12.1 Å². The van der Waals surface area contributed by atoms with Crippen LogP contribution in [0.2, 0.25) is 0 Å². The summed E-state index contributed by atoms with van der Waals surface area (Å²) in [5, 5.41) is 0. The van der Waals surface area contributed by atoms with Crippen molar-refractivity contribution < 1.29 is 8.60 Å². The van der Waals surface area contributed by atoms with E-state index in [0.29, 0.717) is 23.3 Å². The van der Waals surface area contributed by atoms with Crippen LogP contribution in [0.5, 0.6) is 0 Å². The summed E-state index contributed by atoms with van der Waals surface area (Å²) in [6.45, 7) is 4.22. The molecule has 0 amide bonds. The number of imidazole rings is 1. The fourth-order valence-corrected chi connectivity index (χ4v) is 4.21. The Labute approximate surface area is 182 Å². The predicted octanol–water partition coefficient (Wildman–Crippen LogP) is 3.91. The van der Waals surface area contributed by atoms with E-state index in [9.17, 15) is 13.4 Å². The van der Waals surface area contributed by atoms with Gasteiger partial charge in [-0.3, -0.25) is 4.79 Å². The first-order chi connectivity index (χ1) is 14.7. The first-order valence-electron chi connectivity index (χ1n) is 9.76. The number of halogens is 1. The Bertz CT molecular complexity index is 1350. The molecule has 0 saturated carbocycles. The van der Waals surface area contributed by atoms with Crippen LogP contribution in [0.4, 0.5) is 10.1 Å². The molecule has 0 fully saturated rings. The fraction of sp³-hybridized carbons (Fsp3) is 0.217. The molecule has 0 saturated heterocycles. The lowest BCUT2D eigenvalue weighted by atomic mass is 10.0. The van der Waals surface area contributed by atoms with Crippen LogP contribution in [0.15, 0.2) is 53.5 Å². The number of benzene rings is 2. The van der Waals surface area contributed by atoms with Gasteiger partial charge in [-0.2, -0.15) is 0 Å². The molecule has 0 aliphatic carbocycles. The molecule has 1 N–H and O–H groups in total. The zero-order chi connectivity index (χ0) is 22.3. The highest BCUT2D eigenvalue weighted by Gasteiger charge is 2.16. The number of fused-ring (bicyclic) bond motifs is 1. The van der Waals surface area contributed by atoms with Crippen molar-refractivity contribution in [2.75, 3.05) is 11.0 Å². The summed E-state index contributed by atoms with van der Waals surface area (Å²) in [5.41, 5.74) is 5.51. The number of nitrogens with zero attached hydrogens (tertiary/aromatic N) is 3. The fourth-order valence-electron chi connectivity index (χ4n) is 3.75. The molecule has 2 heterocycles. The van der Waals surface area contributed by atoms with E-state index in [-0.39, 0.29) is 11.4 Å². The maximum atomic E-state index is 13.3. The summed E-state index contributed by atoms with van der Waals surface area (Å²) < 4.78 is 31.9. The first-order valence-corrected chi connectivity index (χ1v) is 11.3. The third kappa shape index (κ3) is 4.16. The molecule has 2 aromatic carbocycles. The maximum absolute atomic E-state index is 13.3. The van der Waals surface area contributed by atoms with E-state index < -0.39 is 11.0 Å². The minimum absolute atomic E-state index is 0.0463. The zero-order valence-corrected chi connectivity index (χ0v) is 18.6. The molecule has 0 aliphatic rings. The minimum atomic E-state index is -1.28. The first kappa shape index (κ1) is 21.0. The van der Waals surface area contributed by atoms with Gasteiger partial charge in [-0.25, -0.2) is 13.6 Å². The van der Waals surface area contributed by atoms with Crippen molar-refractivity contribution >= 4 is 27.7 Å². The smallest absolute Gasteiger partial charge is 0.253 e. The Balaban J connectivity index is 1.93. The molecule has 8 heteroatoms. The Kier molecular flexibility index (Phi) is 5.49. The Morgan fingerprint density at radius 1 is 1.10 bits per heavy atom. The highest BCUT2D eigenvalue weighted by molar-refractivity contribution is 7.85. The van der Waals surface area contributed by atoms with Crippen molar-refractivity contribution in [3.05, 3.63) is 81.8 Å². The summed E-state index contributed by atoms with van der Waals surface area (Å²) in [4.78, 5) is 16.8. The van der Waals surface area contributed by atoms with Crippen molar-refractivity contribution in [1.29, 1.82) is 0 Å². The van der Waals surface area contributed by atoms with Crippen molar-refractivity contribution in [3.8, 4) is 11.1 Å². The van der Waals surface area contributed by atoms with Crippen LogP contribution in [0.1, 0.15) is 17.0 Å². The third-order valence-electron chi connectivity index (χ3n) is 5.25. The average Bonchev–Trinajstić information content (AvgIpc) is 3.02. The van der Waals surface area contributed by atoms with Gasteiger partial charge in [0.1, 0.15) is 28.1 Å². The van der Waals surface area contributed by atoms with Gasteiger partial charge in [0.25, 0.3) is 5.56 Å². The van der Waals surface area contributed by atoms with Crippen LogP contribution in [0, 0.1) is 19.7 Å². The van der Waals surface area contributed by atoms with E-state index in [1.165, 1.54) is 12.1 Å². The lowest BCUT2D eigenvalue weighted by molar-refractivity contribution is 0.626. The van der Waals surface area contributed by atoms with E-state index in [1.54, 1.807) is 43.1 Å². The van der Waals surface area contributed by atoms with E-state index in [4.69, 9.17) is 4.98 Å². The second kappa shape index (κ2) is 8.11. The van der Waals surface area contributed by atoms with E-state index in [2.05, 4.69) is 4.72 Å². The molecule has 4 rings (SSSR count). The van der Waals surface area contributed by atoms with Crippen molar-refractivity contribution in [1.82, 2.24) is 14.1 Å². The maximum Gasteiger partial charge on any atom is 0.253 e. The number of pyridine rings is 1. The second-order valence-corrected chi connectivity index (χ2v) is 8.76. The molecule has 1 unspecified atom stereocenters. The summed E-state index contributed by atoms with van der Waals surface area (Å²) >= 11 is 0. The van der Waals surface area contributed by atoms with E-state index in [1.807, 2.05) is 29.7 Å². The monoisotopic (exact) mass is 438 g/mol. The molecule has 160 valence electrons. The molecular formula is C23H23FN4O2S. The predicted molar refractivity (Wildman–Crippen MR) is 123 cm³/mol. The second-order valence-electron chi connectivity index (χ2n) is 7.65. The van der Waals surface area contributed by atoms with Gasteiger partial charge in [-0.05, 0) is 60.9 Å². The van der Waals surface area contributed by atoms with Gasteiger partial charge in [-0.15, -0.1) is 0 Å². The summed E-state index contributed by atoms with van der Waals surface area (Å²) in [6, 6.07) is 12.1. The van der Waals surface area contributed by atoms with E-state index in [0.717, 1.165) is 28.0 Å². The van der Waals surface area contributed by atoms with Gasteiger partial charge in [0.05, 0.1) is 11.2 Å². The van der Waals surface area contributed by atoms with Crippen LogP contribution in [-0.2, 0) is 24.6 Å². The summed E-state index contributed by atoms with van der Waals surface area (Å²) in [6.07, 6.45) is 3.36. The largest absolute Gasteiger partial charge is 0.324 e.